The number of fused-ring (bicyclic) bond motifs is 1. The molecule has 6 heteroatoms. The maximum Gasteiger partial charge on any atom is 0.248 e. The third-order valence-electron chi connectivity index (χ3n) is 3.55. The molecule has 2 N–H and O–H groups in total. The Morgan fingerprint density at radius 3 is 3.14 bits per heavy atom. The number of carbonyl (C=O) groups is 1. The number of carbonyl (C=O) groups excluding carboxylic acids is 1. The summed E-state index contributed by atoms with van der Waals surface area (Å²) in [6.07, 6.45) is 5.61. The summed E-state index contributed by atoms with van der Waals surface area (Å²) in [5.74, 6) is 0.934. The average molecular weight is 333 g/mol. The van der Waals surface area contributed by atoms with Crippen molar-refractivity contribution in [2.45, 2.75) is 30.5 Å². The zero-order chi connectivity index (χ0) is 15.4. The van der Waals surface area contributed by atoms with Crippen molar-refractivity contribution in [2.75, 3.05) is 5.75 Å². The first-order valence-electron chi connectivity index (χ1n) is 7.44. The molecule has 0 bridgehead atoms. The Morgan fingerprint density at radius 2 is 2.32 bits per heavy atom. The van der Waals surface area contributed by atoms with E-state index in [1.165, 1.54) is 24.6 Å². The Hall–Kier alpha value is -1.53. The van der Waals surface area contributed by atoms with E-state index in [4.69, 9.17) is 0 Å². The van der Waals surface area contributed by atoms with Crippen LogP contribution in [0.1, 0.15) is 26.2 Å². The SMILES string of the molecule is C[C@@H]1C=C(NNC(=O)CSc2nc3ccccc3s2)CCC1. The second-order valence-corrected chi connectivity index (χ2v) is 7.72. The van der Waals surface area contributed by atoms with Gasteiger partial charge in [-0.05, 0) is 37.3 Å². The van der Waals surface area contributed by atoms with E-state index in [2.05, 4.69) is 34.9 Å². The molecule has 1 aliphatic carbocycles. The van der Waals surface area contributed by atoms with Gasteiger partial charge in [-0.3, -0.25) is 10.2 Å². The molecule has 1 aromatic heterocycles. The fraction of sp³-hybridized carbons (Fsp3) is 0.375. The number of hydrogen-bond donors (Lipinski definition) is 2. The lowest BCUT2D eigenvalue weighted by molar-refractivity contribution is -0.119. The summed E-state index contributed by atoms with van der Waals surface area (Å²) in [7, 11) is 0. The number of para-hydroxylation sites is 1. The molecule has 22 heavy (non-hydrogen) atoms. The predicted octanol–water partition coefficient (Wildman–Crippen LogP) is 3.71. The van der Waals surface area contributed by atoms with Crippen molar-refractivity contribution in [1.29, 1.82) is 0 Å². The van der Waals surface area contributed by atoms with Crippen LogP contribution in [0.5, 0.6) is 0 Å². The molecule has 3 rings (SSSR count). The Kier molecular flexibility index (Phi) is 5.00. The van der Waals surface area contributed by atoms with Crippen molar-refractivity contribution in [3.8, 4) is 0 Å². The van der Waals surface area contributed by atoms with Gasteiger partial charge in [-0.2, -0.15) is 0 Å². The number of nitrogens with one attached hydrogen (secondary N) is 2. The number of nitrogens with zero attached hydrogens (tertiary/aromatic N) is 1. The molecular formula is C16H19N3OS2. The Bertz CT molecular complexity index is 663. The summed E-state index contributed by atoms with van der Waals surface area (Å²) in [5, 5.41) is 0. The molecule has 0 saturated carbocycles. The Morgan fingerprint density at radius 1 is 1.45 bits per heavy atom. The van der Waals surface area contributed by atoms with Crippen LogP contribution in [0.3, 0.4) is 0 Å². The topological polar surface area (TPSA) is 54.0 Å². The van der Waals surface area contributed by atoms with Crippen molar-refractivity contribution in [1.82, 2.24) is 15.8 Å². The average Bonchev–Trinajstić information content (AvgIpc) is 2.94. The first-order valence-corrected chi connectivity index (χ1v) is 9.25. The summed E-state index contributed by atoms with van der Waals surface area (Å²) >= 11 is 3.10. The number of hydrogen-bond acceptors (Lipinski definition) is 5. The second-order valence-electron chi connectivity index (χ2n) is 5.47. The molecule has 0 radical (unpaired) electrons. The first kappa shape index (κ1) is 15.4. The van der Waals surface area contributed by atoms with Crippen LogP contribution in [0.2, 0.25) is 0 Å². The third kappa shape index (κ3) is 4.01. The zero-order valence-electron chi connectivity index (χ0n) is 12.5. The van der Waals surface area contributed by atoms with E-state index in [1.807, 2.05) is 18.2 Å². The zero-order valence-corrected chi connectivity index (χ0v) is 14.1. The van der Waals surface area contributed by atoms with Gasteiger partial charge in [0.05, 0.1) is 16.0 Å². The van der Waals surface area contributed by atoms with Gasteiger partial charge in [-0.25, -0.2) is 4.98 Å². The fourth-order valence-electron chi connectivity index (χ4n) is 2.45. The largest absolute Gasteiger partial charge is 0.303 e. The summed E-state index contributed by atoms with van der Waals surface area (Å²) < 4.78 is 2.09. The van der Waals surface area contributed by atoms with E-state index in [0.29, 0.717) is 11.7 Å². The molecule has 0 unspecified atom stereocenters. The van der Waals surface area contributed by atoms with Crippen LogP contribution in [0.25, 0.3) is 10.2 Å². The molecule has 1 aliphatic rings. The maximum absolute atomic E-state index is 11.9. The highest BCUT2D eigenvalue weighted by Crippen LogP contribution is 2.29. The Labute approximate surface area is 138 Å². The minimum atomic E-state index is -0.0246. The fourth-order valence-corrected chi connectivity index (χ4v) is 4.32. The van der Waals surface area contributed by atoms with Gasteiger partial charge >= 0.3 is 0 Å². The number of thiazole rings is 1. The summed E-state index contributed by atoms with van der Waals surface area (Å²) in [5.41, 5.74) is 7.94. The molecule has 2 aromatic rings. The van der Waals surface area contributed by atoms with Crippen LogP contribution in [0, 0.1) is 5.92 Å². The van der Waals surface area contributed by atoms with Gasteiger partial charge in [0, 0.05) is 5.70 Å². The van der Waals surface area contributed by atoms with Crippen molar-refractivity contribution < 1.29 is 4.79 Å². The third-order valence-corrected chi connectivity index (χ3v) is 5.73. The highest BCUT2D eigenvalue weighted by molar-refractivity contribution is 8.01. The monoisotopic (exact) mass is 333 g/mol. The molecule has 0 fully saturated rings. The molecule has 1 heterocycles. The predicted molar refractivity (Wildman–Crippen MR) is 92.7 cm³/mol. The number of benzene rings is 1. The number of thioether (sulfide) groups is 1. The van der Waals surface area contributed by atoms with Gasteiger partial charge in [0.15, 0.2) is 4.34 Å². The lowest BCUT2D eigenvalue weighted by atomic mass is 9.96. The molecule has 1 atom stereocenters. The molecule has 0 aliphatic heterocycles. The normalized spacial score (nSPS) is 18.0. The van der Waals surface area contributed by atoms with Gasteiger partial charge in [-0.15, -0.1) is 11.3 Å². The highest BCUT2D eigenvalue weighted by atomic mass is 32.2. The van der Waals surface area contributed by atoms with Crippen molar-refractivity contribution in [3.05, 3.63) is 36.0 Å². The smallest absolute Gasteiger partial charge is 0.248 e. The number of amides is 1. The molecule has 0 saturated heterocycles. The Balaban J connectivity index is 1.48. The van der Waals surface area contributed by atoms with Crippen LogP contribution in [-0.4, -0.2) is 16.6 Å². The van der Waals surface area contributed by atoms with E-state index in [0.717, 1.165) is 26.7 Å². The summed E-state index contributed by atoms with van der Waals surface area (Å²) in [6, 6.07) is 8.03. The van der Waals surface area contributed by atoms with E-state index in [-0.39, 0.29) is 5.91 Å². The van der Waals surface area contributed by atoms with E-state index in [1.54, 1.807) is 11.3 Å². The van der Waals surface area contributed by atoms with Gasteiger partial charge in [0.1, 0.15) is 0 Å². The minimum absolute atomic E-state index is 0.0246. The molecule has 4 nitrogen and oxygen atoms in total. The molecule has 1 aromatic carbocycles. The number of rotatable bonds is 5. The minimum Gasteiger partial charge on any atom is -0.303 e. The maximum atomic E-state index is 11.9. The lowest BCUT2D eigenvalue weighted by Crippen LogP contribution is -2.38. The standard InChI is InChI=1S/C16H19N3OS2/c1-11-5-4-6-12(9-11)18-19-15(20)10-21-16-17-13-7-2-3-8-14(13)22-16/h2-3,7-9,11,18H,4-6,10H2,1H3,(H,19,20)/t11-/m0/s1. The van der Waals surface area contributed by atoms with Crippen molar-refractivity contribution in [3.63, 3.8) is 0 Å². The van der Waals surface area contributed by atoms with E-state index >= 15 is 0 Å². The van der Waals surface area contributed by atoms with Crippen LogP contribution < -0.4 is 10.9 Å². The first-order chi connectivity index (χ1) is 10.7. The lowest BCUT2D eigenvalue weighted by Gasteiger charge is -2.19. The van der Waals surface area contributed by atoms with E-state index in [9.17, 15) is 4.79 Å². The van der Waals surface area contributed by atoms with Crippen LogP contribution in [-0.2, 0) is 4.79 Å². The second kappa shape index (κ2) is 7.15. The van der Waals surface area contributed by atoms with Gasteiger partial charge in [0.25, 0.3) is 0 Å². The van der Waals surface area contributed by atoms with Crippen molar-refractivity contribution >= 4 is 39.2 Å². The highest BCUT2D eigenvalue weighted by Gasteiger charge is 2.11. The number of allylic oxidation sites excluding steroid dienone is 2. The van der Waals surface area contributed by atoms with Crippen LogP contribution in [0.15, 0.2) is 40.4 Å². The van der Waals surface area contributed by atoms with Crippen molar-refractivity contribution in [2.24, 2.45) is 5.92 Å². The van der Waals surface area contributed by atoms with Gasteiger partial charge < -0.3 is 5.43 Å². The summed E-state index contributed by atoms with van der Waals surface area (Å²) in [6.45, 7) is 2.20. The van der Waals surface area contributed by atoms with E-state index < -0.39 is 0 Å². The number of hydrazine groups is 1. The summed E-state index contributed by atoms with van der Waals surface area (Å²) in [4.78, 5) is 16.4. The molecular weight excluding hydrogens is 314 g/mol. The molecule has 0 spiro atoms. The van der Waals surface area contributed by atoms with Crippen LogP contribution in [0.4, 0.5) is 0 Å². The number of aromatic nitrogens is 1. The quantitative estimate of drug-likeness (QED) is 0.647. The van der Waals surface area contributed by atoms with Gasteiger partial charge in [-0.1, -0.05) is 36.9 Å². The molecule has 1 amide bonds. The molecule has 116 valence electrons. The van der Waals surface area contributed by atoms with Gasteiger partial charge in [0.2, 0.25) is 5.91 Å². The van der Waals surface area contributed by atoms with Crippen LogP contribution >= 0.6 is 23.1 Å².